The van der Waals surface area contributed by atoms with Gasteiger partial charge in [0.2, 0.25) is 11.8 Å². The van der Waals surface area contributed by atoms with Crippen molar-refractivity contribution in [1.82, 2.24) is 25.3 Å². The van der Waals surface area contributed by atoms with Crippen LogP contribution in [-0.2, 0) is 16.6 Å². The topological polar surface area (TPSA) is 79.3 Å². The second kappa shape index (κ2) is 9.03. The molecule has 24 heavy (non-hydrogen) atoms. The van der Waals surface area contributed by atoms with Gasteiger partial charge in [0.05, 0.1) is 6.20 Å². The number of nitrogens with one attached hydrogen (secondary N) is 2. The van der Waals surface area contributed by atoms with Gasteiger partial charge in [0.1, 0.15) is 6.04 Å². The van der Waals surface area contributed by atoms with Crippen LogP contribution < -0.4 is 10.6 Å². The van der Waals surface area contributed by atoms with E-state index in [0.717, 1.165) is 24.8 Å². The first-order valence-corrected chi connectivity index (χ1v) is 8.09. The molecule has 1 aliphatic carbocycles. The van der Waals surface area contributed by atoms with E-state index >= 15 is 0 Å². The maximum Gasteiger partial charge on any atom is 0.242 e. The number of hydrogen-bond donors (Lipinski definition) is 2. The van der Waals surface area contributed by atoms with Crippen molar-refractivity contribution in [1.29, 1.82) is 0 Å². The maximum absolute atomic E-state index is 12.6. The first kappa shape index (κ1) is 20.4. The van der Waals surface area contributed by atoms with Gasteiger partial charge in [-0.05, 0) is 26.3 Å². The first-order valence-electron chi connectivity index (χ1n) is 8.09. The molecule has 0 radical (unpaired) electrons. The minimum atomic E-state index is -0.423. The van der Waals surface area contributed by atoms with Crippen molar-refractivity contribution in [3.05, 3.63) is 18.0 Å². The number of amides is 2. The SMILES string of the molecule is CNC(C(=O)NC1CCCC(C(=O)N(C)C)C1)c1cnn(C)c1.Cl. The van der Waals surface area contributed by atoms with Crippen LogP contribution in [0, 0.1) is 5.92 Å². The number of aryl methyl sites for hydroxylation is 1. The molecule has 1 heterocycles. The Labute approximate surface area is 149 Å². The quantitative estimate of drug-likeness (QED) is 0.819. The number of aromatic nitrogens is 2. The average Bonchev–Trinajstić information content (AvgIpc) is 2.93. The zero-order valence-corrected chi connectivity index (χ0v) is 15.6. The fraction of sp³-hybridized carbons (Fsp3) is 0.688. The molecule has 136 valence electrons. The van der Waals surface area contributed by atoms with Crippen molar-refractivity contribution in [2.45, 2.75) is 37.8 Å². The van der Waals surface area contributed by atoms with E-state index in [4.69, 9.17) is 0 Å². The minimum absolute atomic E-state index is 0. The number of carbonyl (C=O) groups excluding carboxylic acids is 2. The van der Waals surface area contributed by atoms with Crippen LogP contribution in [0.4, 0.5) is 0 Å². The number of carbonyl (C=O) groups is 2. The van der Waals surface area contributed by atoms with E-state index < -0.39 is 6.04 Å². The molecule has 2 amide bonds. The van der Waals surface area contributed by atoms with Gasteiger partial charge in [-0.3, -0.25) is 14.3 Å². The lowest BCUT2D eigenvalue weighted by molar-refractivity contribution is -0.135. The predicted octanol–water partition coefficient (Wildman–Crippen LogP) is 0.866. The fourth-order valence-corrected chi connectivity index (χ4v) is 3.23. The third-order valence-electron chi connectivity index (χ3n) is 4.42. The van der Waals surface area contributed by atoms with Gasteiger partial charge < -0.3 is 15.5 Å². The van der Waals surface area contributed by atoms with Crippen molar-refractivity contribution in [3.8, 4) is 0 Å². The molecule has 7 nitrogen and oxygen atoms in total. The first-order chi connectivity index (χ1) is 10.9. The van der Waals surface area contributed by atoms with Crippen molar-refractivity contribution in [2.75, 3.05) is 21.1 Å². The summed E-state index contributed by atoms with van der Waals surface area (Å²) in [6, 6.07) is -0.369. The van der Waals surface area contributed by atoms with Crippen molar-refractivity contribution >= 4 is 24.2 Å². The zero-order valence-electron chi connectivity index (χ0n) is 14.8. The van der Waals surface area contributed by atoms with E-state index in [2.05, 4.69) is 15.7 Å². The van der Waals surface area contributed by atoms with Crippen LogP contribution in [0.5, 0.6) is 0 Å². The summed E-state index contributed by atoms with van der Waals surface area (Å²) in [5, 5.41) is 10.2. The van der Waals surface area contributed by atoms with E-state index in [1.807, 2.05) is 13.2 Å². The molecule has 0 aliphatic heterocycles. The Hall–Kier alpha value is -1.60. The Morgan fingerprint density at radius 1 is 1.38 bits per heavy atom. The minimum Gasteiger partial charge on any atom is -0.352 e. The predicted molar refractivity (Wildman–Crippen MR) is 94.8 cm³/mol. The van der Waals surface area contributed by atoms with Gasteiger partial charge in [0.25, 0.3) is 0 Å². The monoisotopic (exact) mass is 357 g/mol. The summed E-state index contributed by atoms with van der Waals surface area (Å²) in [7, 11) is 7.15. The Morgan fingerprint density at radius 2 is 2.08 bits per heavy atom. The molecule has 3 atom stereocenters. The van der Waals surface area contributed by atoms with E-state index in [9.17, 15) is 9.59 Å². The van der Waals surface area contributed by atoms with E-state index in [0.29, 0.717) is 6.42 Å². The van der Waals surface area contributed by atoms with Crippen LogP contribution in [0.2, 0.25) is 0 Å². The Balaban J connectivity index is 0.00000288. The van der Waals surface area contributed by atoms with Gasteiger partial charge >= 0.3 is 0 Å². The molecule has 1 aromatic rings. The van der Waals surface area contributed by atoms with Crippen LogP contribution in [0.3, 0.4) is 0 Å². The van der Waals surface area contributed by atoms with Crippen LogP contribution in [0.15, 0.2) is 12.4 Å². The highest BCUT2D eigenvalue weighted by Gasteiger charge is 2.30. The lowest BCUT2D eigenvalue weighted by atomic mass is 9.84. The number of hydrogen-bond acceptors (Lipinski definition) is 4. The van der Waals surface area contributed by atoms with Gasteiger partial charge in [0, 0.05) is 44.9 Å². The third kappa shape index (κ3) is 4.95. The largest absolute Gasteiger partial charge is 0.352 e. The molecule has 0 aromatic carbocycles. The molecule has 0 saturated heterocycles. The molecule has 1 aliphatic rings. The molecule has 8 heteroatoms. The highest BCUT2D eigenvalue weighted by atomic mass is 35.5. The van der Waals surface area contributed by atoms with Gasteiger partial charge in [-0.15, -0.1) is 12.4 Å². The summed E-state index contributed by atoms with van der Waals surface area (Å²) < 4.78 is 1.68. The molecule has 0 bridgehead atoms. The second-order valence-corrected chi connectivity index (χ2v) is 6.47. The lowest BCUT2D eigenvalue weighted by Gasteiger charge is -2.31. The molecule has 2 N–H and O–H groups in total. The summed E-state index contributed by atoms with van der Waals surface area (Å²) in [5.41, 5.74) is 0.837. The Kier molecular flexibility index (Phi) is 7.69. The summed E-state index contributed by atoms with van der Waals surface area (Å²) >= 11 is 0. The standard InChI is InChI=1S/C16H27N5O2.ClH/c1-17-14(12-9-18-21(4)10-12)15(22)19-13-7-5-6-11(8-13)16(23)20(2)3;/h9-11,13-14,17H,5-8H2,1-4H3,(H,19,22);1H. The Morgan fingerprint density at radius 3 is 2.62 bits per heavy atom. The van der Waals surface area contributed by atoms with Crippen molar-refractivity contribution < 1.29 is 9.59 Å². The van der Waals surface area contributed by atoms with Crippen LogP contribution in [0.25, 0.3) is 0 Å². The summed E-state index contributed by atoms with van der Waals surface area (Å²) in [6.07, 6.45) is 7.03. The number of nitrogens with zero attached hydrogens (tertiary/aromatic N) is 3. The van der Waals surface area contributed by atoms with Crippen molar-refractivity contribution in [2.24, 2.45) is 13.0 Å². The van der Waals surface area contributed by atoms with Gasteiger partial charge in [-0.2, -0.15) is 5.10 Å². The summed E-state index contributed by atoms with van der Waals surface area (Å²) in [4.78, 5) is 26.3. The van der Waals surface area contributed by atoms with Crippen LogP contribution >= 0.6 is 12.4 Å². The van der Waals surface area contributed by atoms with E-state index in [1.54, 1.807) is 36.9 Å². The van der Waals surface area contributed by atoms with Gasteiger partial charge in [-0.25, -0.2) is 0 Å². The summed E-state index contributed by atoms with van der Waals surface area (Å²) in [6.45, 7) is 0. The lowest BCUT2D eigenvalue weighted by Crippen LogP contribution is -2.45. The summed E-state index contributed by atoms with van der Waals surface area (Å²) in [5.74, 6) is 0.0975. The average molecular weight is 358 g/mol. The van der Waals surface area contributed by atoms with Crippen molar-refractivity contribution in [3.63, 3.8) is 0 Å². The number of rotatable bonds is 5. The molecule has 1 aromatic heterocycles. The van der Waals surface area contributed by atoms with Crippen LogP contribution in [0.1, 0.15) is 37.3 Å². The molecule has 1 saturated carbocycles. The second-order valence-electron chi connectivity index (χ2n) is 6.47. The van der Waals surface area contributed by atoms with Crippen LogP contribution in [-0.4, -0.2) is 53.7 Å². The normalized spacial score (nSPS) is 21.5. The smallest absolute Gasteiger partial charge is 0.242 e. The van der Waals surface area contributed by atoms with Gasteiger partial charge in [0.15, 0.2) is 0 Å². The molecule has 3 unspecified atom stereocenters. The third-order valence-corrected chi connectivity index (χ3v) is 4.42. The van der Waals surface area contributed by atoms with E-state index in [1.165, 1.54) is 0 Å². The highest BCUT2D eigenvalue weighted by molar-refractivity contribution is 5.85. The molecular weight excluding hydrogens is 330 g/mol. The molecule has 2 rings (SSSR count). The zero-order chi connectivity index (χ0) is 17.0. The fourth-order valence-electron chi connectivity index (χ4n) is 3.23. The molecule has 1 fully saturated rings. The van der Waals surface area contributed by atoms with Gasteiger partial charge in [-0.1, -0.05) is 6.42 Å². The number of halogens is 1. The maximum atomic E-state index is 12.6. The molecule has 0 spiro atoms. The molecular formula is C16H28ClN5O2. The highest BCUT2D eigenvalue weighted by Crippen LogP contribution is 2.26. The Bertz CT molecular complexity index is 560. The van der Waals surface area contributed by atoms with E-state index in [-0.39, 0.29) is 36.2 Å². The number of likely N-dealkylation sites (N-methyl/N-ethyl adjacent to an activating group) is 1.